The SMILES string of the molecule is COc1ccnc(Nc2ccc(Nc3ncc(Br)c(OC(C)(C)CO)n3)cc2)n1. The summed E-state index contributed by atoms with van der Waals surface area (Å²) in [6.07, 6.45) is 3.21. The normalized spacial score (nSPS) is 11.1. The summed E-state index contributed by atoms with van der Waals surface area (Å²) in [5.74, 6) is 1.63. The largest absolute Gasteiger partial charge is 0.481 e. The van der Waals surface area contributed by atoms with Crippen LogP contribution in [0.1, 0.15) is 13.8 Å². The first-order valence-electron chi connectivity index (χ1n) is 8.72. The summed E-state index contributed by atoms with van der Waals surface area (Å²) in [4.78, 5) is 17.0. The Labute approximate surface area is 176 Å². The van der Waals surface area contributed by atoms with Gasteiger partial charge in [0.2, 0.25) is 23.7 Å². The summed E-state index contributed by atoms with van der Waals surface area (Å²) in [7, 11) is 1.55. The molecule has 0 aliphatic carbocycles. The number of rotatable bonds is 8. The minimum absolute atomic E-state index is 0.141. The smallest absolute Gasteiger partial charge is 0.233 e. The number of halogens is 1. The molecule has 0 unspecified atom stereocenters. The lowest BCUT2D eigenvalue weighted by Gasteiger charge is -2.23. The highest BCUT2D eigenvalue weighted by molar-refractivity contribution is 9.10. The third kappa shape index (κ3) is 5.75. The van der Waals surface area contributed by atoms with Crippen LogP contribution in [-0.2, 0) is 0 Å². The van der Waals surface area contributed by atoms with Gasteiger partial charge in [-0.05, 0) is 54.0 Å². The lowest BCUT2D eigenvalue weighted by atomic mass is 10.1. The monoisotopic (exact) mass is 460 g/mol. The maximum absolute atomic E-state index is 9.39. The molecule has 0 aliphatic heterocycles. The number of nitrogens with zero attached hydrogens (tertiary/aromatic N) is 4. The van der Waals surface area contributed by atoms with Crippen LogP contribution < -0.4 is 20.1 Å². The molecule has 3 aromatic rings. The first kappa shape index (κ1) is 20.7. The van der Waals surface area contributed by atoms with E-state index in [1.165, 1.54) is 0 Å². The molecule has 2 aromatic heterocycles. The number of benzene rings is 1. The van der Waals surface area contributed by atoms with Crippen molar-refractivity contribution in [2.75, 3.05) is 24.4 Å². The van der Waals surface area contributed by atoms with Crippen molar-refractivity contribution >= 4 is 39.2 Å². The van der Waals surface area contributed by atoms with Crippen molar-refractivity contribution in [3.05, 3.63) is 47.2 Å². The first-order chi connectivity index (χ1) is 13.9. The zero-order chi connectivity index (χ0) is 20.9. The Morgan fingerprint density at radius 2 is 1.62 bits per heavy atom. The molecular weight excluding hydrogens is 440 g/mol. The summed E-state index contributed by atoms with van der Waals surface area (Å²) in [6.45, 7) is 3.40. The lowest BCUT2D eigenvalue weighted by Crippen LogP contribution is -2.33. The first-order valence-corrected chi connectivity index (χ1v) is 9.51. The highest BCUT2D eigenvalue weighted by Gasteiger charge is 2.21. The number of methoxy groups -OCH3 is 1. The fraction of sp³-hybridized carbons (Fsp3) is 0.263. The zero-order valence-corrected chi connectivity index (χ0v) is 17.8. The predicted molar refractivity (Wildman–Crippen MR) is 113 cm³/mol. The van der Waals surface area contributed by atoms with Crippen LogP contribution in [-0.4, -0.2) is 44.4 Å². The molecule has 29 heavy (non-hydrogen) atoms. The second kappa shape index (κ2) is 9.01. The second-order valence-corrected chi connectivity index (χ2v) is 7.47. The topological polar surface area (TPSA) is 114 Å². The standard InChI is InChI=1S/C19H21BrN6O3/c1-19(2,11-27)29-16-14(20)10-22-18(26-16)24-13-6-4-12(5-7-13)23-17-21-9-8-15(25-17)28-3/h4-10,27H,11H2,1-3H3,(H,21,23,25)(H,22,24,26). The number of nitrogens with one attached hydrogen (secondary N) is 2. The lowest BCUT2D eigenvalue weighted by molar-refractivity contribution is 0.0366. The molecule has 0 bridgehead atoms. The van der Waals surface area contributed by atoms with Gasteiger partial charge in [-0.3, -0.25) is 0 Å². The van der Waals surface area contributed by atoms with Crippen molar-refractivity contribution in [1.29, 1.82) is 0 Å². The van der Waals surface area contributed by atoms with E-state index in [2.05, 4.69) is 46.5 Å². The highest BCUT2D eigenvalue weighted by atomic mass is 79.9. The van der Waals surface area contributed by atoms with E-state index in [1.54, 1.807) is 39.4 Å². The molecular formula is C19H21BrN6O3. The molecule has 0 atom stereocenters. The van der Waals surface area contributed by atoms with Crippen molar-refractivity contribution in [3.63, 3.8) is 0 Å². The van der Waals surface area contributed by atoms with Crippen molar-refractivity contribution < 1.29 is 14.6 Å². The van der Waals surface area contributed by atoms with Crippen molar-refractivity contribution in [1.82, 2.24) is 19.9 Å². The van der Waals surface area contributed by atoms with Crippen LogP contribution in [0.5, 0.6) is 11.8 Å². The van der Waals surface area contributed by atoms with Crippen LogP contribution in [0, 0.1) is 0 Å². The summed E-state index contributed by atoms with van der Waals surface area (Å²) in [5.41, 5.74) is 0.843. The number of hydrogen-bond acceptors (Lipinski definition) is 9. The molecule has 0 amide bonds. The van der Waals surface area contributed by atoms with E-state index in [9.17, 15) is 5.11 Å². The van der Waals surface area contributed by atoms with Crippen LogP contribution in [0.15, 0.2) is 47.2 Å². The van der Waals surface area contributed by atoms with Gasteiger partial charge in [0, 0.05) is 23.6 Å². The molecule has 9 nitrogen and oxygen atoms in total. The van der Waals surface area contributed by atoms with Crippen LogP contribution in [0.3, 0.4) is 0 Å². The Hall–Kier alpha value is -2.98. The van der Waals surface area contributed by atoms with Crippen molar-refractivity contribution in [2.45, 2.75) is 19.4 Å². The number of aliphatic hydroxyl groups is 1. The molecule has 0 radical (unpaired) electrons. The van der Waals surface area contributed by atoms with Gasteiger partial charge in [-0.15, -0.1) is 0 Å². The number of hydrogen-bond donors (Lipinski definition) is 3. The Bertz CT molecular complexity index is 968. The van der Waals surface area contributed by atoms with Crippen LogP contribution >= 0.6 is 15.9 Å². The molecule has 10 heteroatoms. The van der Waals surface area contributed by atoms with Crippen LogP contribution in [0.2, 0.25) is 0 Å². The van der Waals surface area contributed by atoms with E-state index in [0.717, 1.165) is 11.4 Å². The summed E-state index contributed by atoms with van der Waals surface area (Å²) >= 11 is 3.36. The molecule has 3 rings (SSSR count). The molecule has 2 heterocycles. The molecule has 0 fully saturated rings. The average molecular weight is 461 g/mol. The van der Waals surface area contributed by atoms with Crippen molar-refractivity contribution in [3.8, 4) is 11.8 Å². The van der Waals surface area contributed by atoms with E-state index in [4.69, 9.17) is 9.47 Å². The molecule has 0 saturated heterocycles. The number of ether oxygens (including phenoxy) is 2. The van der Waals surface area contributed by atoms with E-state index in [0.29, 0.717) is 28.1 Å². The van der Waals surface area contributed by atoms with E-state index >= 15 is 0 Å². The maximum Gasteiger partial charge on any atom is 0.233 e. The number of anilines is 4. The van der Waals surface area contributed by atoms with Crippen molar-refractivity contribution in [2.24, 2.45) is 0 Å². The third-order valence-corrected chi connectivity index (χ3v) is 4.25. The second-order valence-electron chi connectivity index (χ2n) is 6.62. The molecule has 1 aromatic carbocycles. The fourth-order valence-corrected chi connectivity index (χ4v) is 2.46. The van der Waals surface area contributed by atoms with Gasteiger partial charge in [-0.25, -0.2) is 9.97 Å². The number of aliphatic hydroxyl groups excluding tert-OH is 1. The summed E-state index contributed by atoms with van der Waals surface area (Å²) in [6, 6.07) is 9.15. The van der Waals surface area contributed by atoms with Gasteiger partial charge < -0.3 is 25.2 Å². The molecule has 152 valence electrons. The molecule has 3 N–H and O–H groups in total. The van der Waals surface area contributed by atoms with E-state index in [-0.39, 0.29) is 6.61 Å². The van der Waals surface area contributed by atoms with Gasteiger partial charge >= 0.3 is 0 Å². The summed E-state index contributed by atoms with van der Waals surface area (Å²) < 4.78 is 11.4. The predicted octanol–water partition coefficient (Wildman–Crippen LogP) is 3.67. The van der Waals surface area contributed by atoms with Gasteiger partial charge in [-0.2, -0.15) is 9.97 Å². The Kier molecular flexibility index (Phi) is 6.45. The van der Waals surface area contributed by atoms with Gasteiger partial charge in [-0.1, -0.05) is 0 Å². The molecule has 0 saturated carbocycles. The summed E-state index contributed by atoms with van der Waals surface area (Å²) in [5, 5.41) is 15.6. The van der Waals surface area contributed by atoms with Crippen LogP contribution in [0.4, 0.5) is 23.3 Å². The minimum atomic E-state index is -0.760. The quantitative estimate of drug-likeness (QED) is 0.462. The van der Waals surface area contributed by atoms with E-state index in [1.807, 2.05) is 24.3 Å². The molecule has 0 spiro atoms. The maximum atomic E-state index is 9.39. The van der Waals surface area contributed by atoms with Gasteiger partial charge in [0.15, 0.2) is 0 Å². The number of aromatic nitrogens is 4. The van der Waals surface area contributed by atoms with Gasteiger partial charge in [0.1, 0.15) is 5.60 Å². The van der Waals surface area contributed by atoms with Gasteiger partial charge in [0.05, 0.1) is 24.4 Å². The van der Waals surface area contributed by atoms with E-state index < -0.39 is 5.60 Å². The fourth-order valence-electron chi connectivity index (χ4n) is 2.19. The average Bonchev–Trinajstić information content (AvgIpc) is 2.72. The molecule has 0 aliphatic rings. The Morgan fingerprint density at radius 3 is 2.21 bits per heavy atom. The van der Waals surface area contributed by atoms with Gasteiger partial charge in [0.25, 0.3) is 0 Å². The minimum Gasteiger partial charge on any atom is -0.481 e. The van der Waals surface area contributed by atoms with Crippen LogP contribution in [0.25, 0.3) is 0 Å². The Morgan fingerprint density at radius 1 is 1.00 bits per heavy atom. The zero-order valence-electron chi connectivity index (χ0n) is 16.2. The Balaban J connectivity index is 1.69. The highest BCUT2D eigenvalue weighted by Crippen LogP contribution is 2.27. The third-order valence-electron chi connectivity index (χ3n) is 3.70.